The van der Waals surface area contributed by atoms with Crippen molar-refractivity contribution in [1.29, 1.82) is 0 Å². The normalized spacial score (nSPS) is 12.5. The van der Waals surface area contributed by atoms with Gasteiger partial charge in [-0.25, -0.2) is 0 Å². The molecule has 0 saturated heterocycles. The fraction of sp³-hybridized carbons (Fsp3) is 0.333. The van der Waals surface area contributed by atoms with Gasteiger partial charge in [0.15, 0.2) is 0 Å². The molecule has 1 N–H and O–H groups in total. The molecule has 1 nitrogen and oxygen atoms in total. The minimum absolute atomic E-state index is 0.311. The smallest absolute Gasteiger partial charge is 0.0313 e. The molecule has 0 amide bonds. The van der Waals surface area contributed by atoms with E-state index in [1.807, 2.05) is 0 Å². The van der Waals surface area contributed by atoms with Crippen LogP contribution in [0.15, 0.2) is 35.9 Å². The molecule has 1 atom stereocenters. The highest BCUT2D eigenvalue weighted by Gasteiger charge is 2.03. The Bertz CT molecular complexity index is 320. The summed E-state index contributed by atoms with van der Waals surface area (Å²) in [5, 5.41) is 3.94. The van der Waals surface area contributed by atoms with E-state index in [0.29, 0.717) is 17.6 Å². The van der Waals surface area contributed by atoms with Gasteiger partial charge in [-0.1, -0.05) is 48.0 Å². The molecule has 1 rings (SSSR count). The van der Waals surface area contributed by atoms with Crippen molar-refractivity contribution in [3.8, 4) is 0 Å². The molecule has 1 unspecified atom stereocenters. The van der Waals surface area contributed by atoms with Crippen LogP contribution in [0.5, 0.6) is 0 Å². The highest BCUT2D eigenvalue weighted by Crippen LogP contribution is 2.13. The second-order valence-corrected chi connectivity index (χ2v) is 4.07. The third-order valence-electron chi connectivity index (χ3n) is 2.14. The minimum atomic E-state index is 0.311. The van der Waals surface area contributed by atoms with Crippen LogP contribution in [0.2, 0.25) is 0 Å². The first-order chi connectivity index (χ1) is 6.59. The van der Waals surface area contributed by atoms with Gasteiger partial charge in [0.25, 0.3) is 0 Å². The topological polar surface area (TPSA) is 12.0 Å². The van der Waals surface area contributed by atoms with Crippen molar-refractivity contribution in [2.24, 2.45) is 0 Å². The Morgan fingerprint density at radius 2 is 2.29 bits per heavy atom. The minimum Gasteiger partial charge on any atom is -0.305 e. The number of hydrogen-bond donors (Lipinski definition) is 1. The number of aryl methyl sites for hydroxylation is 1. The van der Waals surface area contributed by atoms with Gasteiger partial charge in [-0.15, -0.1) is 0 Å². The molecule has 1 aromatic rings. The molecule has 0 heterocycles. The quantitative estimate of drug-likeness (QED) is 0.802. The first-order valence-corrected chi connectivity index (χ1v) is 5.10. The lowest BCUT2D eigenvalue weighted by Crippen LogP contribution is -2.19. The van der Waals surface area contributed by atoms with Crippen LogP contribution < -0.4 is 5.32 Å². The maximum Gasteiger partial charge on any atom is 0.0313 e. The second-order valence-electron chi connectivity index (χ2n) is 3.53. The average Bonchev–Trinajstić information content (AvgIpc) is 2.14. The van der Waals surface area contributed by atoms with Gasteiger partial charge in [0.1, 0.15) is 0 Å². The number of halogens is 1. The van der Waals surface area contributed by atoms with Crippen molar-refractivity contribution in [3.63, 3.8) is 0 Å². The predicted octanol–water partition coefficient (Wildman–Crippen LogP) is 3.40. The van der Waals surface area contributed by atoms with E-state index in [1.165, 1.54) is 11.1 Å². The Morgan fingerprint density at radius 1 is 1.57 bits per heavy atom. The summed E-state index contributed by atoms with van der Waals surface area (Å²) in [7, 11) is 0. The Kier molecular flexibility index (Phi) is 4.18. The first kappa shape index (κ1) is 11.3. The lowest BCUT2D eigenvalue weighted by Gasteiger charge is -2.14. The van der Waals surface area contributed by atoms with Gasteiger partial charge in [0.2, 0.25) is 0 Å². The summed E-state index contributed by atoms with van der Waals surface area (Å²) >= 11 is 5.68. The molecule has 2 heteroatoms. The van der Waals surface area contributed by atoms with Crippen molar-refractivity contribution >= 4 is 11.6 Å². The summed E-state index contributed by atoms with van der Waals surface area (Å²) in [6, 6.07) is 8.76. The largest absolute Gasteiger partial charge is 0.305 e. The van der Waals surface area contributed by atoms with Crippen LogP contribution >= 0.6 is 11.6 Å². The number of rotatable bonds is 4. The van der Waals surface area contributed by atoms with Gasteiger partial charge < -0.3 is 5.32 Å². The van der Waals surface area contributed by atoms with Crippen molar-refractivity contribution in [3.05, 3.63) is 47.0 Å². The standard InChI is InChI=1S/C12H16ClN/c1-9-5-4-6-12(7-9)11(3)14-8-10(2)13/h4-7,11,14H,2,8H2,1,3H3. The molecule has 0 radical (unpaired) electrons. The van der Waals surface area contributed by atoms with Crippen LogP contribution in [0, 0.1) is 6.92 Å². The van der Waals surface area contributed by atoms with E-state index in [1.54, 1.807) is 0 Å². The lowest BCUT2D eigenvalue weighted by molar-refractivity contribution is 0.614. The third-order valence-corrected chi connectivity index (χ3v) is 2.28. The summed E-state index contributed by atoms with van der Waals surface area (Å²) in [5.41, 5.74) is 2.56. The molecule has 0 aliphatic rings. The van der Waals surface area contributed by atoms with Gasteiger partial charge in [-0.05, 0) is 19.4 Å². The first-order valence-electron chi connectivity index (χ1n) is 4.73. The Hall–Kier alpha value is -0.790. The summed E-state index contributed by atoms with van der Waals surface area (Å²) in [5.74, 6) is 0. The highest BCUT2D eigenvalue weighted by molar-refractivity contribution is 6.29. The molecule has 0 bridgehead atoms. The van der Waals surface area contributed by atoms with E-state index in [-0.39, 0.29) is 0 Å². The molecular weight excluding hydrogens is 194 g/mol. The molecule has 0 saturated carbocycles. The summed E-state index contributed by atoms with van der Waals surface area (Å²) < 4.78 is 0. The zero-order valence-corrected chi connectivity index (χ0v) is 9.43. The van der Waals surface area contributed by atoms with Gasteiger partial charge in [-0.2, -0.15) is 0 Å². The van der Waals surface area contributed by atoms with Crippen LogP contribution in [-0.4, -0.2) is 6.54 Å². The summed E-state index contributed by atoms with van der Waals surface area (Å²) in [4.78, 5) is 0. The zero-order valence-electron chi connectivity index (χ0n) is 8.68. The van der Waals surface area contributed by atoms with E-state index in [9.17, 15) is 0 Å². The fourth-order valence-electron chi connectivity index (χ4n) is 1.32. The Labute approximate surface area is 90.8 Å². The maximum absolute atomic E-state index is 5.68. The van der Waals surface area contributed by atoms with E-state index < -0.39 is 0 Å². The average molecular weight is 210 g/mol. The monoisotopic (exact) mass is 209 g/mol. The van der Waals surface area contributed by atoms with Crippen LogP contribution in [0.1, 0.15) is 24.1 Å². The Morgan fingerprint density at radius 3 is 2.86 bits per heavy atom. The van der Waals surface area contributed by atoms with Gasteiger partial charge in [-0.3, -0.25) is 0 Å². The van der Waals surface area contributed by atoms with E-state index in [2.05, 4.69) is 50.0 Å². The van der Waals surface area contributed by atoms with Crippen LogP contribution in [0.25, 0.3) is 0 Å². The third kappa shape index (κ3) is 3.52. The molecule has 76 valence electrons. The van der Waals surface area contributed by atoms with E-state index in [4.69, 9.17) is 11.6 Å². The molecule has 0 aromatic heterocycles. The molecule has 0 aliphatic carbocycles. The van der Waals surface area contributed by atoms with Crippen molar-refractivity contribution in [1.82, 2.24) is 5.32 Å². The summed E-state index contributed by atoms with van der Waals surface area (Å²) in [6.45, 7) is 8.50. The molecule has 1 aromatic carbocycles. The maximum atomic E-state index is 5.68. The molecule has 0 fully saturated rings. The van der Waals surface area contributed by atoms with Gasteiger partial charge in [0.05, 0.1) is 0 Å². The van der Waals surface area contributed by atoms with Crippen molar-refractivity contribution < 1.29 is 0 Å². The molecular formula is C12H16ClN. The highest BCUT2D eigenvalue weighted by atomic mass is 35.5. The van der Waals surface area contributed by atoms with Crippen molar-refractivity contribution in [2.75, 3.05) is 6.54 Å². The predicted molar refractivity (Wildman–Crippen MR) is 62.6 cm³/mol. The number of benzene rings is 1. The fourth-order valence-corrected chi connectivity index (χ4v) is 1.40. The SMILES string of the molecule is C=C(Cl)CNC(C)c1cccc(C)c1. The van der Waals surface area contributed by atoms with E-state index >= 15 is 0 Å². The van der Waals surface area contributed by atoms with Crippen LogP contribution in [-0.2, 0) is 0 Å². The second kappa shape index (κ2) is 5.18. The number of nitrogens with one attached hydrogen (secondary N) is 1. The molecule has 0 aliphatic heterocycles. The van der Waals surface area contributed by atoms with Gasteiger partial charge >= 0.3 is 0 Å². The van der Waals surface area contributed by atoms with Gasteiger partial charge in [0, 0.05) is 17.6 Å². The Balaban J connectivity index is 2.60. The lowest BCUT2D eigenvalue weighted by atomic mass is 10.1. The molecule has 14 heavy (non-hydrogen) atoms. The van der Waals surface area contributed by atoms with E-state index in [0.717, 1.165) is 0 Å². The number of hydrogen-bond acceptors (Lipinski definition) is 1. The van der Waals surface area contributed by atoms with Crippen molar-refractivity contribution in [2.45, 2.75) is 19.9 Å². The zero-order chi connectivity index (χ0) is 10.6. The molecule has 0 spiro atoms. The van der Waals surface area contributed by atoms with Crippen LogP contribution in [0.3, 0.4) is 0 Å². The summed E-state index contributed by atoms with van der Waals surface area (Å²) in [6.07, 6.45) is 0. The van der Waals surface area contributed by atoms with Crippen LogP contribution in [0.4, 0.5) is 0 Å².